The number of fused-ring (bicyclic) bond motifs is 1. The normalized spacial score (nSPS) is 19.2. The zero-order chi connectivity index (χ0) is 26.1. The van der Waals surface area contributed by atoms with E-state index in [4.69, 9.17) is 0 Å². The predicted octanol–water partition coefficient (Wildman–Crippen LogP) is 4.63. The van der Waals surface area contributed by atoms with Gasteiger partial charge in [0.1, 0.15) is 0 Å². The zero-order valence-corrected chi connectivity index (χ0v) is 23.0. The van der Waals surface area contributed by atoms with Crippen LogP contribution in [0, 0.1) is 0 Å². The Labute approximate surface area is 215 Å². The first-order valence-corrected chi connectivity index (χ1v) is 15.7. The van der Waals surface area contributed by atoms with Gasteiger partial charge in [0.05, 0.1) is 28.6 Å². The second kappa shape index (κ2) is 10.1. The Morgan fingerprint density at radius 1 is 1.17 bits per heavy atom. The van der Waals surface area contributed by atoms with Crippen LogP contribution in [0.15, 0.2) is 30.3 Å². The van der Waals surface area contributed by atoms with Crippen molar-refractivity contribution in [1.29, 1.82) is 0 Å². The molecule has 0 spiro atoms. The van der Waals surface area contributed by atoms with Crippen LogP contribution in [0.5, 0.6) is 0 Å². The maximum atomic E-state index is 13.6. The number of hydrogen-bond acceptors (Lipinski definition) is 4. The fourth-order valence-electron chi connectivity index (χ4n) is 5.48. The Morgan fingerprint density at radius 2 is 1.86 bits per heavy atom. The molecule has 1 fully saturated rings. The van der Waals surface area contributed by atoms with Crippen LogP contribution in [0.1, 0.15) is 75.2 Å². The molecule has 4 N–H and O–H groups in total. The summed E-state index contributed by atoms with van der Waals surface area (Å²) in [6.07, 6.45) is 11.8. The summed E-state index contributed by atoms with van der Waals surface area (Å²) >= 11 is 0. The van der Waals surface area contributed by atoms with Crippen LogP contribution in [0.2, 0.25) is 0 Å². The quantitative estimate of drug-likeness (QED) is 0.365. The molecule has 9 heteroatoms. The second-order valence-electron chi connectivity index (χ2n) is 11.3. The maximum Gasteiger partial charge on any atom is 0.318 e. The summed E-state index contributed by atoms with van der Waals surface area (Å²) in [6.45, 7) is 4.51. The fourth-order valence-corrected chi connectivity index (χ4v) is 7.60. The lowest BCUT2D eigenvalue weighted by molar-refractivity contribution is -0.120. The van der Waals surface area contributed by atoms with Gasteiger partial charge in [-0.3, -0.25) is 9.89 Å². The summed E-state index contributed by atoms with van der Waals surface area (Å²) < 4.78 is -0.304. The number of carbonyl (C=O) groups is 2. The summed E-state index contributed by atoms with van der Waals surface area (Å²) in [4.78, 5) is 28.8. The Hall–Kier alpha value is -2.52. The van der Waals surface area contributed by atoms with Crippen LogP contribution in [0.3, 0.4) is 0 Å². The van der Waals surface area contributed by atoms with Gasteiger partial charge in [-0.1, -0.05) is 30.3 Å². The number of benzene rings is 1. The van der Waals surface area contributed by atoms with E-state index >= 15 is 0 Å². The van der Waals surface area contributed by atoms with Crippen molar-refractivity contribution in [2.24, 2.45) is 0 Å². The monoisotopic (exact) mass is 515 g/mol. The lowest BCUT2D eigenvalue weighted by Gasteiger charge is -2.53. The lowest BCUT2D eigenvalue weighted by Crippen LogP contribution is -2.51. The lowest BCUT2D eigenvalue weighted by atomic mass is 9.83. The van der Waals surface area contributed by atoms with Crippen molar-refractivity contribution in [1.82, 2.24) is 20.4 Å². The largest absolute Gasteiger partial charge is 0.396 e. The summed E-state index contributed by atoms with van der Waals surface area (Å²) in [5, 5.41) is 23.1. The van der Waals surface area contributed by atoms with Crippen LogP contribution >= 0.6 is 10.0 Å². The molecule has 2 aromatic rings. The van der Waals surface area contributed by atoms with E-state index in [1.54, 1.807) is 0 Å². The highest BCUT2D eigenvalue weighted by molar-refractivity contribution is 8.33. The molecule has 8 nitrogen and oxygen atoms in total. The molecule has 1 aromatic carbocycles. The van der Waals surface area contributed by atoms with Crippen molar-refractivity contribution < 1.29 is 14.7 Å². The molecule has 198 valence electrons. The van der Waals surface area contributed by atoms with Crippen LogP contribution < -0.4 is 10.6 Å². The minimum atomic E-state index is -1.08. The van der Waals surface area contributed by atoms with Crippen molar-refractivity contribution in [3.63, 3.8) is 0 Å². The van der Waals surface area contributed by atoms with Gasteiger partial charge in [-0.05, 0) is 76.7 Å². The molecule has 0 saturated heterocycles. The first kappa shape index (κ1) is 26.5. The summed E-state index contributed by atoms with van der Waals surface area (Å²) in [5.74, 6) is 0.593. The topological polar surface area (TPSA) is 110 Å². The maximum absolute atomic E-state index is 13.6. The van der Waals surface area contributed by atoms with Crippen molar-refractivity contribution >= 4 is 27.8 Å². The molecule has 0 unspecified atom stereocenters. The molecular formula is C27H41N5O3S. The molecule has 36 heavy (non-hydrogen) atoms. The molecule has 1 aliphatic heterocycles. The van der Waals surface area contributed by atoms with Crippen molar-refractivity contribution in [2.45, 2.75) is 75.2 Å². The van der Waals surface area contributed by atoms with E-state index in [1.165, 1.54) is 0 Å². The molecule has 0 bridgehead atoms. The number of nitrogens with zero attached hydrogens (tertiary/aromatic N) is 2. The standard InChI is InChI=1S/C27H41N5O3S/c1-26(2)22-20(23(31-30-22)29-24(34)27(15-11-16-27)36(3,4)5)18-32(26)25(35)28-21(14-9-10-17-33)19-12-7-6-8-13-19/h6-8,12-13,21,33H,9-11,14-18H2,1-5H3,(H,28,35)(H2,29,30,31,34)/t21-/m1/s1. The third-order valence-corrected chi connectivity index (χ3v) is 11.0. The highest BCUT2D eigenvalue weighted by Gasteiger charge is 2.51. The number of aromatic amines is 1. The number of aliphatic hydroxyl groups excluding tert-OH is 1. The van der Waals surface area contributed by atoms with Gasteiger partial charge in [0.2, 0.25) is 5.91 Å². The third-order valence-electron chi connectivity index (χ3n) is 8.09. The molecular weight excluding hydrogens is 474 g/mol. The molecule has 1 atom stereocenters. The minimum Gasteiger partial charge on any atom is -0.396 e. The van der Waals surface area contributed by atoms with E-state index in [1.807, 2.05) is 49.1 Å². The van der Waals surface area contributed by atoms with Gasteiger partial charge in [0.25, 0.3) is 0 Å². The van der Waals surface area contributed by atoms with E-state index < -0.39 is 15.6 Å². The number of hydrogen-bond donors (Lipinski definition) is 4. The van der Waals surface area contributed by atoms with Gasteiger partial charge in [0, 0.05) is 12.2 Å². The Kier molecular flexibility index (Phi) is 7.44. The SMILES string of the molecule is CC1(C)c2[nH]nc(NC(=O)C3(S(C)(C)C)CCC3)c2CN1C(=O)N[C@H](CCCCO)c1ccccc1. The van der Waals surface area contributed by atoms with Crippen LogP contribution in [-0.2, 0) is 16.9 Å². The smallest absolute Gasteiger partial charge is 0.318 e. The summed E-state index contributed by atoms with van der Waals surface area (Å²) in [7, 11) is -1.08. The predicted molar refractivity (Wildman–Crippen MR) is 146 cm³/mol. The molecule has 4 rings (SSSR count). The number of unbranched alkanes of at least 4 members (excludes halogenated alkanes) is 1. The van der Waals surface area contributed by atoms with Crippen LogP contribution in [-0.4, -0.2) is 62.3 Å². The number of aromatic nitrogens is 2. The Morgan fingerprint density at radius 3 is 2.44 bits per heavy atom. The Bertz CT molecular complexity index is 1090. The van der Waals surface area contributed by atoms with Gasteiger partial charge in [-0.2, -0.15) is 5.10 Å². The minimum absolute atomic E-state index is 0.0549. The fraction of sp³-hybridized carbons (Fsp3) is 0.593. The van der Waals surface area contributed by atoms with E-state index in [-0.39, 0.29) is 29.3 Å². The first-order chi connectivity index (χ1) is 17.0. The molecule has 0 radical (unpaired) electrons. The number of aliphatic hydroxyl groups is 1. The number of carbonyl (C=O) groups excluding carboxylic acids is 2. The van der Waals surface area contributed by atoms with E-state index in [2.05, 4.69) is 39.6 Å². The average molecular weight is 516 g/mol. The molecule has 2 heterocycles. The van der Waals surface area contributed by atoms with E-state index in [0.29, 0.717) is 18.8 Å². The second-order valence-corrected chi connectivity index (χ2v) is 15.8. The van der Waals surface area contributed by atoms with Crippen LogP contribution in [0.4, 0.5) is 10.6 Å². The number of urea groups is 1. The Balaban J connectivity index is 1.51. The summed E-state index contributed by atoms with van der Waals surface area (Å²) in [5.41, 5.74) is 2.17. The summed E-state index contributed by atoms with van der Waals surface area (Å²) in [6, 6.07) is 9.64. The van der Waals surface area contributed by atoms with Crippen molar-refractivity contribution in [2.75, 3.05) is 30.7 Å². The van der Waals surface area contributed by atoms with Gasteiger partial charge < -0.3 is 20.6 Å². The van der Waals surface area contributed by atoms with Gasteiger partial charge in [-0.15, -0.1) is 0 Å². The van der Waals surface area contributed by atoms with Crippen LogP contribution in [0.25, 0.3) is 0 Å². The highest BCUT2D eigenvalue weighted by atomic mass is 32.3. The van der Waals surface area contributed by atoms with Crippen molar-refractivity contribution in [3.05, 3.63) is 47.2 Å². The van der Waals surface area contributed by atoms with Gasteiger partial charge >= 0.3 is 6.03 Å². The van der Waals surface area contributed by atoms with E-state index in [9.17, 15) is 14.7 Å². The average Bonchev–Trinajstić information content (AvgIpc) is 3.30. The van der Waals surface area contributed by atoms with E-state index in [0.717, 1.165) is 48.9 Å². The third kappa shape index (κ3) is 4.75. The molecule has 1 saturated carbocycles. The van der Waals surface area contributed by atoms with Gasteiger partial charge in [-0.25, -0.2) is 14.8 Å². The highest BCUT2D eigenvalue weighted by Crippen LogP contribution is 2.60. The first-order valence-electron chi connectivity index (χ1n) is 12.8. The number of H-pyrrole nitrogens is 1. The number of anilines is 1. The molecule has 3 amide bonds. The number of amides is 3. The molecule has 2 aliphatic rings. The molecule has 1 aliphatic carbocycles. The number of rotatable bonds is 9. The zero-order valence-electron chi connectivity index (χ0n) is 22.2. The number of nitrogens with one attached hydrogen (secondary N) is 3. The van der Waals surface area contributed by atoms with Gasteiger partial charge in [0.15, 0.2) is 5.82 Å². The molecule has 1 aromatic heterocycles. The van der Waals surface area contributed by atoms with Crippen molar-refractivity contribution in [3.8, 4) is 0 Å².